The van der Waals surface area contributed by atoms with Crippen molar-refractivity contribution in [1.82, 2.24) is 4.90 Å². The largest absolute Gasteiger partial charge is 0.493 e. The Labute approximate surface area is 203 Å². The molecule has 0 fully saturated rings. The van der Waals surface area contributed by atoms with E-state index in [0.717, 1.165) is 23.2 Å². The molecule has 4 rings (SSSR count). The average Bonchev–Trinajstić information content (AvgIpc) is 2.82. The number of rotatable bonds is 6. The van der Waals surface area contributed by atoms with E-state index < -0.39 is 0 Å². The quantitative estimate of drug-likeness (QED) is 0.439. The van der Waals surface area contributed by atoms with Gasteiger partial charge >= 0.3 is 0 Å². The van der Waals surface area contributed by atoms with Crippen LogP contribution in [0.25, 0.3) is 0 Å². The Kier molecular flexibility index (Phi) is 7.20. The van der Waals surface area contributed by atoms with Gasteiger partial charge in [0.25, 0.3) is 0 Å². The van der Waals surface area contributed by atoms with Gasteiger partial charge in [-0.1, -0.05) is 17.7 Å². The van der Waals surface area contributed by atoms with E-state index in [2.05, 4.69) is 10.2 Å². The fraction of sp³-hybridized carbons (Fsp3) is 0.240. The lowest BCUT2D eigenvalue weighted by molar-refractivity contribution is 0.190. The summed E-state index contributed by atoms with van der Waals surface area (Å²) in [5.41, 5.74) is 2.99. The maximum atomic E-state index is 13.3. The number of benzene rings is 3. The van der Waals surface area contributed by atoms with Crippen LogP contribution in [0.1, 0.15) is 17.2 Å². The molecule has 1 aliphatic rings. The van der Waals surface area contributed by atoms with Crippen LogP contribution in [0.2, 0.25) is 5.02 Å². The molecule has 0 aromatic heterocycles. The molecule has 5 nitrogen and oxygen atoms in total. The number of thiocarbonyl (C=S) groups is 1. The van der Waals surface area contributed by atoms with Crippen molar-refractivity contribution in [3.63, 3.8) is 0 Å². The second-order valence-electron chi connectivity index (χ2n) is 7.57. The van der Waals surface area contributed by atoms with E-state index in [9.17, 15) is 4.39 Å². The summed E-state index contributed by atoms with van der Waals surface area (Å²) < 4.78 is 30.4. The molecule has 0 bridgehead atoms. The van der Waals surface area contributed by atoms with Crippen molar-refractivity contribution in [2.24, 2.45) is 0 Å². The molecule has 1 atom stereocenters. The van der Waals surface area contributed by atoms with Crippen molar-refractivity contribution in [2.75, 3.05) is 32.7 Å². The fourth-order valence-electron chi connectivity index (χ4n) is 3.92. The Morgan fingerprint density at radius 1 is 1.09 bits per heavy atom. The zero-order valence-electron chi connectivity index (χ0n) is 18.3. The van der Waals surface area contributed by atoms with Gasteiger partial charge in [-0.05, 0) is 84.4 Å². The SMILES string of the molecule is COc1cc2c(cc1OC)[C@H](COc1ccc(F)cc1)N(C(=S)Nc1cccc(Cl)c1)CC2. The molecular weight excluding hydrogens is 463 g/mol. The van der Waals surface area contributed by atoms with Gasteiger partial charge in [0, 0.05) is 17.3 Å². The molecule has 0 spiro atoms. The summed E-state index contributed by atoms with van der Waals surface area (Å²) >= 11 is 11.9. The molecule has 0 saturated carbocycles. The summed E-state index contributed by atoms with van der Waals surface area (Å²) in [5.74, 6) is 1.59. The van der Waals surface area contributed by atoms with E-state index in [4.69, 9.17) is 38.0 Å². The molecule has 0 saturated heterocycles. The van der Waals surface area contributed by atoms with Crippen LogP contribution in [0.15, 0.2) is 60.7 Å². The van der Waals surface area contributed by atoms with Gasteiger partial charge in [-0.2, -0.15) is 0 Å². The number of ether oxygens (including phenoxy) is 3. The number of nitrogens with one attached hydrogen (secondary N) is 1. The average molecular weight is 487 g/mol. The van der Waals surface area contributed by atoms with Gasteiger partial charge in [-0.3, -0.25) is 0 Å². The standard InChI is InChI=1S/C25H24ClFN2O3S/c1-30-23-12-16-10-11-29(25(33)28-19-5-3-4-17(26)13-19)22(21(16)14-24(23)31-2)15-32-20-8-6-18(27)7-9-20/h3-9,12-14,22H,10-11,15H2,1-2H3,(H,28,33)/t22-/m0/s1. The van der Waals surface area contributed by atoms with Crippen molar-refractivity contribution in [1.29, 1.82) is 0 Å². The van der Waals surface area contributed by atoms with Gasteiger partial charge in [0.1, 0.15) is 18.2 Å². The summed E-state index contributed by atoms with van der Waals surface area (Å²) in [6.07, 6.45) is 0.778. The number of fused-ring (bicyclic) bond motifs is 1. The highest BCUT2D eigenvalue weighted by Crippen LogP contribution is 2.38. The Hall–Kier alpha value is -3.03. The zero-order valence-corrected chi connectivity index (χ0v) is 19.9. The Bertz CT molecular complexity index is 1140. The number of halogens is 2. The minimum absolute atomic E-state index is 0.196. The lowest BCUT2D eigenvalue weighted by atomic mass is 9.92. The maximum absolute atomic E-state index is 13.3. The van der Waals surface area contributed by atoms with Crippen molar-refractivity contribution >= 4 is 34.6 Å². The molecule has 3 aromatic rings. The van der Waals surface area contributed by atoms with E-state index in [1.807, 2.05) is 36.4 Å². The highest BCUT2D eigenvalue weighted by Gasteiger charge is 2.31. The maximum Gasteiger partial charge on any atom is 0.174 e. The Morgan fingerprint density at radius 3 is 2.52 bits per heavy atom. The van der Waals surface area contributed by atoms with Crippen LogP contribution < -0.4 is 19.5 Å². The molecule has 1 N–H and O–H groups in total. The van der Waals surface area contributed by atoms with E-state index in [-0.39, 0.29) is 11.9 Å². The second kappa shape index (κ2) is 10.3. The number of hydrogen-bond acceptors (Lipinski definition) is 4. The van der Waals surface area contributed by atoms with E-state index >= 15 is 0 Å². The third-order valence-electron chi connectivity index (χ3n) is 5.56. The molecule has 0 radical (unpaired) electrons. The van der Waals surface area contributed by atoms with Crippen LogP contribution in [-0.4, -0.2) is 37.4 Å². The highest BCUT2D eigenvalue weighted by atomic mass is 35.5. The second-order valence-corrected chi connectivity index (χ2v) is 8.39. The molecule has 3 aromatic carbocycles. The van der Waals surface area contributed by atoms with Crippen LogP contribution in [0, 0.1) is 5.82 Å². The van der Waals surface area contributed by atoms with Gasteiger partial charge in [-0.15, -0.1) is 0 Å². The normalized spacial score (nSPS) is 14.9. The van der Waals surface area contributed by atoms with Crippen molar-refractivity contribution in [3.8, 4) is 17.2 Å². The van der Waals surface area contributed by atoms with Crippen LogP contribution in [0.3, 0.4) is 0 Å². The summed E-state index contributed by atoms with van der Waals surface area (Å²) in [7, 11) is 3.23. The number of methoxy groups -OCH3 is 2. The van der Waals surface area contributed by atoms with Crippen LogP contribution >= 0.6 is 23.8 Å². The number of hydrogen-bond donors (Lipinski definition) is 1. The fourth-order valence-corrected chi connectivity index (χ4v) is 4.45. The van der Waals surface area contributed by atoms with Crippen molar-refractivity contribution in [2.45, 2.75) is 12.5 Å². The molecule has 8 heteroatoms. The Morgan fingerprint density at radius 2 is 1.82 bits per heavy atom. The number of anilines is 1. The molecule has 0 unspecified atom stereocenters. The lowest BCUT2D eigenvalue weighted by Gasteiger charge is -2.39. The molecular formula is C25H24ClFN2O3S. The first kappa shape index (κ1) is 23.1. The summed E-state index contributed by atoms with van der Waals surface area (Å²) in [5, 5.41) is 4.47. The Balaban J connectivity index is 1.64. The molecule has 1 aliphatic heterocycles. The van der Waals surface area contributed by atoms with E-state index in [1.165, 1.54) is 12.1 Å². The molecule has 1 heterocycles. The molecule has 0 aliphatic carbocycles. The lowest BCUT2D eigenvalue weighted by Crippen LogP contribution is -2.44. The minimum atomic E-state index is -0.310. The summed E-state index contributed by atoms with van der Waals surface area (Å²) in [6.45, 7) is 0.998. The van der Waals surface area contributed by atoms with Crippen molar-refractivity contribution in [3.05, 3.63) is 82.6 Å². The summed E-state index contributed by atoms with van der Waals surface area (Å²) in [6, 6.07) is 17.2. The van der Waals surface area contributed by atoms with Gasteiger partial charge in [0.05, 0.1) is 20.3 Å². The minimum Gasteiger partial charge on any atom is -0.493 e. The third kappa shape index (κ3) is 5.31. The predicted molar refractivity (Wildman–Crippen MR) is 132 cm³/mol. The van der Waals surface area contributed by atoms with Crippen LogP contribution in [-0.2, 0) is 6.42 Å². The van der Waals surface area contributed by atoms with Gasteiger partial charge in [0.2, 0.25) is 0 Å². The van der Waals surface area contributed by atoms with Crippen molar-refractivity contribution < 1.29 is 18.6 Å². The van der Waals surface area contributed by atoms with Gasteiger partial charge < -0.3 is 24.4 Å². The monoisotopic (exact) mass is 486 g/mol. The first-order valence-electron chi connectivity index (χ1n) is 10.4. The smallest absolute Gasteiger partial charge is 0.174 e. The van der Waals surface area contributed by atoms with Crippen LogP contribution in [0.4, 0.5) is 10.1 Å². The van der Waals surface area contributed by atoms with Crippen LogP contribution in [0.5, 0.6) is 17.2 Å². The molecule has 33 heavy (non-hydrogen) atoms. The van der Waals surface area contributed by atoms with Gasteiger partial charge in [0.15, 0.2) is 16.6 Å². The highest BCUT2D eigenvalue weighted by molar-refractivity contribution is 7.80. The first-order chi connectivity index (χ1) is 16.0. The molecule has 0 amide bonds. The number of nitrogens with zero attached hydrogens (tertiary/aromatic N) is 1. The van der Waals surface area contributed by atoms with E-state index in [0.29, 0.717) is 40.5 Å². The third-order valence-corrected chi connectivity index (χ3v) is 6.13. The van der Waals surface area contributed by atoms with E-state index in [1.54, 1.807) is 26.4 Å². The topological polar surface area (TPSA) is 43.0 Å². The zero-order chi connectivity index (χ0) is 23.4. The van der Waals surface area contributed by atoms with Gasteiger partial charge in [-0.25, -0.2) is 4.39 Å². The predicted octanol–water partition coefficient (Wildman–Crippen LogP) is 5.87. The first-order valence-corrected chi connectivity index (χ1v) is 11.2. The summed E-state index contributed by atoms with van der Waals surface area (Å²) in [4.78, 5) is 2.09. The molecule has 172 valence electrons.